The van der Waals surface area contributed by atoms with E-state index in [-0.39, 0.29) is 29.6 Å². The van der Waals surface area contributed by atoms with Crippen LogP contribution in [0.3, 0.4) is 0 Å². The Labute approximate surface area is 77.9 Å². The summed E-state index contributed by atoms with van der Waals surface area (Å²) in [6, 6.07) is 0. The van der Waals surface area contributed by atoms with Crippen LogP contribution in [0.4, 0.5) is 0 Å². The lowest BCUT2D eigenvalue weighted by Gasteiger charge is -2.09. The molecule has 1 saturated heterocycles. The van der Waals surface area contributed by atoms with Crippen LogP contribution >= 0.6 is 0 Å². The van der Waals surface area contributed by atoms with Crippen molar-refractivity contribution >= 4 is 15.6 Å². The Balaban J connectivity index is 2.59. The van der Waals surface area contributed by atoms with Crippen molar-refractivity contribution in [2.24, 2.45) is 5.92 Å². The van der Waals surface area contributed by atoms with Crippen LogP contribution in [0, 0.1) is 5.92 Å². The molecule has 2 unspecified atom stereocenters. The summed E-state index contributed by atoms with van der Waals surface area (Å²) in [6.07, 6.45) is -0.249. The van der Waals surface area contributed by atoms with Crippen LogP contribution in [-0.2, 0) is 14.6 Å². The predicted octanol–water partition coefficient (Wildman–Crippen LogP) is -0.239. The van der Waals surface area contributed by atoms with Gasteiger partial charge in [-0.2, -0.15) is 0 Å². The van der Waals surface area contributed by atoms with Gasteiger partial charge < -0.3 is 5.11 Å². The average Bonchev–Trinajstić information content (AvgIpc) is 2.24. The summed E-state index contributed by atoms with van der Waals surface area (Å²) in [4.78, 5) is 11.0. The molecule has 1 aliphatic rings. The highest BCUT2D eigenvalue weighted by Crippen LogP contribution is 2.22. The first-order chi connectivity index (χ1) is 5.94. The molecule has 4 nitrogen and oxygen atoms in total. The van der Waals surface area contributed by atoms with Crippen molar-refractivity contribution in [3.8, 4) is 0 Å². The lowest BCUT2D eigenvalue weighted by atomic mass is 9.99. The highest BCUT2D eigenvalue weighted by atomic mass is 32.2. The van der Waals surface area contributed by atoms with Crippen molar-refractivity contribution in [3.63, 3.8) is 0 Å². The van der Waals surface area contributed by atoms with Gasteiger partial charge in [0, 0.05) is 18.8 Å². The van der Waals surface area contributed by atoms with E-state index in [4.69, 9.17) is 0 Å². The lowest BCUT2D eigenvalue weighted by Crippen LogP contribution is -2.20. The monoisotopic (exact) mass is 206 g/mol. The van der Waals surface area contributed by atoms with Gasteiger partial charge in [0.25, 0.3) is 0 Å². The number of carbonyl (C=O) groups excluding carboxylic acids is 1. The zero-order valence-corrected chi connectivity index (χ0v) is 8.38. The number of Topliss-reactive ketones (excluding diaryl/α,β-unsaturated/α-hetero) is 1. The fraction of sp³-hybridized carbons (Fsp3) is 0.875. The molecule has 0 saturated carbocycles. The van der Waals surface area contributed by atoms with Crippen molar-refractivity contribution < 1.29 is 18.3 Å². The summed E-state index contributed by atoms with van der Waals surface area (Å²) >= 11 is 0. The van der Waals surface area contributed by atoms with E-state index in [9.17, 15) is 18.3 Å². The predicted molar refractivity (Wildman–Crippen MR) is 48.1 cm³/mol. The van der Waals surface area contributed by atoms with Gasteiger partial charge in [0.15, 0.2) is 9.84 Å². The second-order valence-corrected chi connectivity index (χ2v) is 5.65. The molecule has 0 amide bonds. The molecule has 1 aliphatic heterocycles. The Morgan fingerprint density at radius 2 is 2.08 bits per heavy atom. The largest absolute Gasteiger partial charge is 0.392 e. The van der Waals surface area contributed by atoms with Gasteiger partial charge in [0.1, 0.15) is 5.78 Å². The molecule has 0 spiro atoms. The highest BCUT2D eigenvalue weighted by molar-refractivity contribution is 7.91. The molecule has 0 aromatic rings. The molecular formula is C8H14O4S. The lowest BCUT2D eigenvalue weighted by molar-refractivity contribution is -0.120. The summed E-state index contributed by atoms with van der Waals surface area (Å²) in [6.45, 7) is 1.73. The van der Waals surface area contributed by atoms with Crippen molar-refractivity contribution in [2.75, 3.05) is 11.5 Å². The third-order valence-corrected chi connectivity index (χ3v) is 4.11. The van der Waals surface area contributed by atoms with E-state index in [0.29, 0.717) is 6.42 Å². The van der Waals surface area contributed by atoms with E-state index >= 15 is 0 Å². The maximum atomic E-state index is 11.0. The van der Waals surface area contributed by atoms with Gasteiger partial charge in [0.2, 0.25) is 0 Å². The SMILES string of the molecule is CCC(=O)CC1CS(=O)(=O)CC1O. The first-order valence-corrected chi connectivity index (χ1v) is 6.17. The quantitative estimate of drug-likeness (QED) is 0.692. The van der Waals surface area contributed by atoms with Crippen LogP contribution in [0.2, 0.25) is 0 Å². The van der Waals surface area contributed by atoms with Gasteiger partial charge in [-0.05, 0) is 0 Å². The van der Waals surface area contributed by atoms with Crippen LogP contribution in [0.5, 0.6) is 0 Å². The minimum atomic E-state index is -3.10. The van der Waals surface area contributed by atoms with Crippen LogP contribution in [-0.4, -0.2) is 36.9 Å². The van der Waals surface area contributed by atoms with Gasteiger partial charge in [-0.1, -0.05) is 6.92 Å². The summed E-state index contributed by atoms with van der Waals surface area (Å²) in [5.41, 5.74) is 0. The van der Waals surface area contributed by atoms with Crippen LogP contribution in [0.25, 0.3) is 0 Å². The number of ketones is 1. The normalized spacial score (nSPS) is 31.8. The van der Waals surface area contributed by atoms with Crippen LogP contribution in [0.1, 0.15) is 19.8 Å². The molecular weight excluding hydrogens is 192 g/mol. The third kappa shape index (κ3) is 2.77. The first-order valence-electron chi connectivity index (χ1n) is 4.35. The molecule has 0 aromatic carbocycles. The highest BCUT2D eigenvalue weighted by Gasteiger charge is 2.36. The Kier molecular flexibility index (Phi) is 3.08. The maximum Gasteiger partial charge on any atom is 0.153 e. The molecule has 1 fully saturated rings. The number of hydrogen-bond donors (Lipinski definition) is 1. The fourth-order valence-corrected chi connectivity index (χ4v) is 3.45. The summed E-state index contributed by atoms with van der Waals surface area (Å²) in [5.74, 6) is -0.590. The second kappa shape index (κ2) is 3.75. The Hall–Kier alpha value is -0.420. The number of hydrogen-bond acceptors (Lipinski definition) is 4. The van der Waals surface area contributed by atoms with Crippen molar-refractivity contribution in [2.45, 2.75) is 25.9 Å². The molecule has 1 heterocycles. The van der Waals surface area contributed by atoms with E-state index < -0.39 is 15.9 Å². The minimum Gasteiger partial charge on any atom is -0.392 e. The average molecular weight is 206 g/mol. The van der Waals surface area contributed by atoms with E-state index in [1.54, 1.807) is 6.92 Å². The van der Waals surface area contributed by atoms with Gasteiger partial charge in [-0.3, -0.25) is 4.79 Å². The Morgan fingerprint density at radius 3 is 2.46 bits per heavy atom. The molecule has 2 atom stereocenters. The summed E-state index contributed by atoms with van der Waals surface area (Å²) in [7, 11) is -3.10. The molecule has 1 N–H and O–H groups in total. The molecule has 0 aromatic heterocycles. The Bertz CT molecular complexity index is 293. The molecule has 13 heavy (non-hydrogen) atoms. The molecule has 0 bridgehead atoms. The molecule has 0 radical (unpaired) electrons. The molecule has 1 rings (SSSR count). The number of carbonyl (C=O) groups is 1. The van der Waals surface area contributed by atoms with Crippen molar-refractivity contribution in [3.05, 3.63) is 0 Å². The standard InChI is InChI=1S/C8H14O4S/c1-2-7(9)3-6-4-13(11,12)5-8(6)10/h6,8,10H,2-5H2,1H3. The van der Waals surface area contributed by atoms with Crippen molar-refractivity contribution in [1.29, 1.82) is 0 Å². The van der Waals surface area contributed by atoms with E-state index in [1.807, 2.05) is 0 Å². The van der Waals surface area contributed by atoms with Crippen molar-refractivity contribution in [1.82, 2.24) is 0 Å². The van der Waals surface area contributed by atoms with Crippen LogP contribution < -0.4 is 0 Å². The fourth-order valence-electron chi connectivity index (χ4n) is 1.53. The molecule has 5 heteroatoms. The molecule has 76 valence electrons. The zero-order valence-electron chi connectivity index (χ0n) is 7.56. The maximum absolute atomic E-state index is 11.0. The second-order valence-electron chi connectivity index (χ2n) is 3.50. The summed E-state index contributed by atoms with van der Waals surface area (Å²) in [5, 5.41) is 9.34. The third-order valence-electron chi connectivity index (χ3n) is 2.32. The number of sulfone groups is 1. The number of aliphatic hydroxyl groups is 1. The van der Waals surface area contributed by atoms with E-state index in [1.165, 1.54) is 0 Å². The zero-order chi connectivity index (χ0) is 10.1. The van der Waals surface area contributed by atoms with Crippen LogP contribution in [0.15, 0.2) is 0 Å². The minimum absolute atomic E-state index is 0.0150. The molecule has 0 aliphatic carbocycles. The van der Waals surface area contributed by atoms with E-state index in [2.05, 4.69) is 0 Å². The smallest absolute Gasteiger partial charge is 0.153 e. The summed E-state index contributed by atoms with van der Waals surface area (Å²) < 4.78 is 22.1. The van der Waals surface area contributed by atoms with Gasteiger partial charge in [-0.25, -0.2) is 8.42 Å². The Morgan fingerprint density at radius 1 is 1.46 bits per heavy atom. The topological polar surface area (TPSA) is 71.4 Å². The van der Waals surface area contributed by atoms with Gasteiger partial charge in [-0.15, -0.1) is 0 Å². The number of aliphatic hydroxyl groups excluding tert-OH is 1. The van der Waals surface area contributed by atoms with Gasteiger partial charge in [0.05, 0.1) is 17.6 Å². The first kappa shape index (κ1) is 10.7. The van der Waals surface area contributed by atoms with E-state index in [0.717, 1.165) is 0 Å². The van der Waals surface area contributed by atoms with Gasteiger partial charge >= 0.3 is 0 Å². The number of rotatable bonds is 3.